The van der Waals surface area contributed by atoms with E-state index in [1.54, 1.807) is 24.1 Å². The Morgan fingerprint density at radius 2 is 2.11 bits per heavy atom. The molecule has 0 radical (unpaired) electrons. The van der Waals surface area contributed by atoms with Crippen LogP contribution in [0.4, 0.5) is 0 Å². The second-order valence-electron chi connectivity index (χ2n) is 5.29. The molecule has 1 heterocycles. The molecule has 2 N–H and O–H groups in total. The maximum atomic E-state index is 12.1. The summed E-state index contributed by atoms with van der Waals surface area (Å²) in [5.74, 6) is -1.16. The molecule has 0 atom stereocenters. The maximum Gasteiger partial charge on any atom is 0.305 e. The van der Waals surface area contributed by atoms with Crippen molar-refractivity contribution in [3.8, 4) is 0 Å². The van der Waals surface area contributed by atoms with Crippen LogP contribution in [0.3, 0.4) is 0 Å². The molecule has 6 nitrogen and oxygen atoms in total. The lowest BCUT2D eigenvalue weighted by atomic mass is 9.79. The van der Waals surface area contributed by atoms with Gasteiger partial charge in [-0.1, -0.05) is 19.3 Å². The lowest BCUT2D eigenvalue weighted by Crippen LogP contribution is -2.51. The van der Waals surface area contributed by atoms with Gasteiger partial charge in [0.2, 0.25) is 0 Å². The highest BCUT2D eigenvalue weighted by atomic mass is 16.4. The first-order chi connectivity index (χ1) is 9.01. The summed E-state index contributed by atoms with van der Waals surface area (Å²) in [4.78, 5) is 27.2. The van der Waals surface area contributed by atoms with E-state index in [1.165, 1.54) is 0 Å². The van der Waals surface area contributed by atoms with Crippen molar-refractivity contribution >= 4 is 11.9 Å². The minimum atomic E-state index is -0.872. The third-order valence-electron chi connectivity index (χ3n) is 3.62. The number of nitrogens with one attached hydrogen (secondary N) is 1. The van der Waals surface area contributed by atoms with Crippen LogP contribution in [-0.4, -0.2) is 32.1 Å². The smallest absolute Gasteiger partial charge is 0.305 e. The second kappa shape index (κ2) is 5.42. The van der Waals surface area contributed by atoms with Gasteiger partial charge < -0.3 is 15.0 Å². The summed E-state index contributed by atoms with van der Waals surface area (Å²) in [5, 5.41) is 11.9. The molecule has 0 bridgehead atoms. The van der Waals surface area contributed by atoms with E-state index in [9.17, 15) is 9.59 Å². The van der Waals surface area contributed by atoms with Crippen LogP contribution in [0.1, 0.15) is 49.0 Å². The number of aryl methyl sites for hydroxylation is 1. The van der Waals surface area contributed by atoms with Gasteiger partial charge >= 0.3 is 5.97 Å². The molecule has 0 aliphatic heterocycles. The van der Waals surface area contributed by atoms with Gasteiger partial charge in [-0.05, 0) is 12.8 Å². The van der Waals surface area contributed by atoms with Crippen LogP contribution in [-0.2, 0) is 11.8 Å². The number of hydrogen-bond donors (Lipinski definition) is 2. The van der Waals surface area contributed by atoms with Crippen LogP contribution in [0.5, 0.6) is 0 Å². The Balaban J connectivity index is 2.11. The van der Waals surface area contributed by atoms with Gasteiger partial charge in [-0.25, -0.2) is 4.98 Å². The third kappa shape index (κ3) is 3.33. The molecule has 0 saturated heterocycles. The van der Waals surface area contributed by atoms with E-state index >= 15 is 0 Å². The molecule has 1 aromatic rings. The summed E-state index contributed by atoms with van der Waals surface area (Å²) < 4.78 is 1.69. The molecule has 0 unspecified atom stereocenters. The Morgan fingerprint density at radius 1 is 1.42 bits per heavy atom. The van der Waals surface area contributed by atoms with E-state index in [2.05, 4.69) is 10.3 Å². The first-order valence-corrected chi connectivity index (χ1v) is 6.53. The summed E-state index contributed by atoms with van der Waals surface area (Å²) in [6, 6.07) is 0. The van der Waals surface area contributed by atoms with Gasteiger partial charge in [-0.2, -0.15) is 0 Å². The van der Waals surface area contributed by atoms with E-state index in [-0.39, 0.29) is 12.3 Å². The molecule has 2 rings (SSSR count). The Morgan fingerprint density at radius 3 is 2.63 bits per heavy atom. The fraction of sp³-hybridized carbons (Fsp3) is 0.615. The molecule has 0 aromatic carbocycles. The molecule has 1 saturated carbocycles. The van der Waals surface area contributed by atoms with Gasteiger partial charge in [0.25, 0.3) is 5.91 Å². The predicted molar refractivity (Wildman–Crippen MR) is 68.7 cm³/mol. The normalized spacial score (nSPS) is 17.9. The number of hydrogen-bond acceptors (Lipinski definition) is 3. The summed E-state index contributed by atoms with van der Waals surface area (Å²) in [6.07, 6.45) is 7.61. The Kier molecular flexibility index (Phi) is 3.87. The van der Waals surface area contributed by atoms with Crippen molar-refractivity contribution in [1.82, 2.24) is 14.9 Å². The number of amides is 1. The van der Waals surface area contributed by atoms with Crippen LogP contribution in [0.2, 0.25) is 0 Å². The second-order valence-corrected chi connectivity index (χ2v) is 5.29. The van der Waals surface area contributed by atoms with Crippen LogP contribution in [0.25, 0.3) is 0 Å². The maximum absolute atomic E-state index is 12.1. The zero-order valence-electron chi connectivity index (χ0n) is 11.1. The highest BCUT2D eigenvalue weighted by Gasteiger charge is 2.36. The SMILES string of the molecule is Cn1cnc(C(=O)NC2(CC(=O)O)CCCCC2)c1. The summed E-state index contributed by atoms with van der Waals surface area (Å²) in [7, 11) is 1.79. The van der Waals surface area contributed by atoms with Gasteiger partial charge in [0.1, 0.15) is 5.69 Å². The fourth-order valence-corrected chi connectivity index (χ4v) is 2.70. The van der Waals surface area contributed by atoms with E-state index in [0.29, 0.717) is 5.69 Å². The largest absolute Gasteiger partial charge is 0.481 e. The van der Waals surface area contributed by atoms with E-state index in [4.69, 9.17) is 5.11 Å². The average molecular weight is 265 g/mol. The molecular weight excluding hydrogens is 246 g/mol. The summed E-state index contributed by atoms with van der Waals surface area (Å²) in [5.41, 5.74) is -0.281. The molecule has 1 aliphatic carbocycles. The van der Waals surface area contributed by atoms with Crippen LogP contribution >= 0.6 is 0 Å². The molecule has 19 heavy (non-hydrogen) atoms. The molecule has 1 aliphatic rings. The number of aromatic nitrogens is 2. The number of carbonyl (C=O) groups excluding carboxylic acids is 1. The minimum absolute atomic E-state index is 0.0222. The van der Waals surface area contributed by atoms with Crippen molar-refractivity contribution in [3.63, 3.8) is 0 Å². The molecule has 104 valence electrons. The molecule has 1 amide bonds. The number of aliphatic carboxylic acids is 1. The van der Waals surface area contributed by atoms with Gasteiger partial charge in [-0.3, -0.25) is 9.59 Å². The lowest BCUT2D eigenvalue weighted by Gasteiger charge is -2.36. The number of carbonyl (C=O) groups is 2. The van der Waals surface area contributed by atoms with Gasteiger partial charge in [0, 0.05) is 13.2 Å². The first-order valence-electron chi connectivity index (χ1n) is 6.53. The minimum Gasteiger partial charge on any atom is -0.481 e. The Hall–Kier alpha value is -1.85. The molecule has 6 heteroatoms. The van der Waals surface area contributed by atoms with E-state index < -0.39 is 11.5 Å². The standard InChI is InChI=1S/C13H19N3O3/c1-16-8-10(14-9-16)12(19)15-13(7-11(17)18)5-3-2-4-6-13/h8-9H,2-7H2,1H3,(H,15,19)(H,17,18). The van der Waals surface area contributed by atoms with Crippen LogP contribution < -0.4 is 5.32 Å². The zero-order chi connectivity index (χ0) is 13.9. The average Bonchev–Trinajstić information content (AvgIpc) is 2.76. The molecular formula is C13H19N3O3. The Labute approximate surface area is 111 Å². The van der Waals surface area contributed by atoms with Crippen molar-refractivity contribution in [2.75, 3.05) is 0 Å². The fourth-order valence-electron chi connectivity index (χ4n) is 2.70. The predicted octanol–water partition coefficient (Wildman–Crippen LogP) is 1.33. The van der Waals surface area contributed by atoms with E-state index in [0.717, 1.165) is 32.1 Å². The lowest BCUT2D eigenvalue weighted by molar-refractivity contribution is -0.139. The van der Waals surface area contributed by atoms with Crippen LogP contribution in [0.15, 0.2) is 12.5 Å². The van der Waals surface area contributed by atoms with Gasteiger partial charge in [0.05, 0.1) is 18.3 Å². The summed E-state index contributed by atoms with van der Waals surface area (Å²) >= 11 is 0. The van der Waals surface area contributed by atoms with Crippen molar-refractivity contribution in [3.05, 3.63) is 18.2 Å². The van der Waals surface area contributed by atoms with Crippen molar-refractivity contribution < 1.29 is 14.7 Å². The monoisotopic (exact) mass is 265 g/mol. The number of imidazole rings is 1. The third-order valence-corrected chi connectivity index (χ3v) is 3.62. The highest BCUT2D eigenvalue weighted by molar-refractivity contribution is 5.93. The molecule has 1 aromatic heterocycles. The van der Waals surface area contributed by atoms with Crippen molar-refractivity contribution in [2.24, 2.45) is 7.05 Å². The Bertz CT molecular complexity index is 475. The molecule has 1 fully saturated rings. The highest BCUT2D eigenvalue weighted by Crippen LogP contribution is 2.31. The molecule has 0 spiro atoms. The number of nitrogens with zero attached hydrogens (tertiary/aromatic N) is 2. The topological polar surface area (TPSA) is 84.2 Å². The number of carboxylic acid groups (broad SMARTS) is 1. The zero-order valence-corrected chi connectivity index (χ0v) is 11.1. The van der Waals surface area contributed by atoms with Gasteiger partial charge in [0.15, 0.2) is 0 Å². The number of carboxylic acids is 1. The van der Waals surface area contributed by atoms with Crippen molar-refractivity contribution in [2.45, 2.75) is 44.1 Å². The first kappa shape index (κ1) is 13.6. The van der Waals surface area contributed by atoms with E-state index in [1.807, 2.05) is 0 Å². The van der Waals surface area contributed by atoms with Crippen molar-refractivity contribution in [1.29, 1.82) is 0 Å². The number of rotatable bonds is 4. The summed E-state index contributed by atoms with van der Waals surface area (Å²) in [6.45, 7) is 0. The quantitative estimate of drug-likeness (QED) is 0.860. The van der Waals surface area contributed by atoms with Crippen LogP contribution in [0, 0.1) is 0 Å². The van der Waals surface area contributed by atoms with Gasteiger partial charge in [-0.15, -0.1) is 0 Å².